The number of hydrogen-bond donors (Lipinski definition) is 3. The Labute approximate surface area is 236 Å². The van der Waals surface area contributed by atoms with Crippen molar-refractivity contribution in [1.82, 2.24) is 9.80 Å². The van der Waals surface area contributed by atoms with E-state index >= 15 is 0 Å². The average molecular weight is 554 g/mol. The third-order valence-electron chi connectivity index (χ3n) is 8.20. The number of unbranched alkanes of at least 4 members (excludes halogenated alkanes) is 1. The molecule has 9 nitrogen and oxygen atoms in total. The lowest BCUT2D eigenvalue weighted by atomic mass is 9.83. The summed E-state index contributed by atoms with van der Waals surface area (Å²) in [4.78, 5) is 30.3. The third-order valence-corrected chi connectivity index (χ3v) is 8.20. The van der Waals surface area contributed by atoms with Crippen LogP contribution in [0.5, 0.6) is 11.5 Å². The minimum atomic E-state index is -0.857. The number of nitrogens with zero attached hydrogens (tertiary/aromatic N) is 2. The van der Waals surface area contributed by atoms with Crippen LogP contribution in [0.4, 0.5) is 0 Å². The van der Waals surface area contributed by atoms with Gasteiger partial charge in [-0.1, -0.05) is 43.7 Å². The third kappa shape index (κ3) is 7.13. The molecule has 2 aromatic carbocycles. The first-order valence-electron chi connectivity index (χ1n) is 14.5. The second kappa shape index (κ2) is 14.5. The van der Waals surface area contributed by atoms with Crippen LogP contribution in [0.25, 0.3) is 0 Å². The number of aliphatic hydroxyl groups is 1. The van der Waals surface area contributed by atoms with E-state index in [-0.39, 0.29) is 37.8 Å². The molecule has 0 saturated carbocycles. The fourth-order valence-electron chi connectivity index (χ4n) is 6.06. The Balaban J connectivity index is 1.57. The number of aliphatic hydroxyl groups excluding tert-OH is 1. The largest absolute Gasteiger partial charge is 0.481 e. The van der Waals surface area contributed by atoms with Gasteiger partial charge in [0.2, 0.25) is 12.7 Å². The number of nitrogens with two attached hydrogens (primary N) is 1. The van der Waals surface area contributed by atoms with Gasteiger partial charge in [0, 0.05) is 31.6 Å². The summed E-state index contributed by atoms with van der Waals surface area (Å²) in [5, 5.41) is 20.2. The van der Waals surface area contributed by atoms with Gasteiger partial charge < -0.3 is 30.3 Å². The number of benzene rings is 2. The van der Waals surface area contributed by atoms with Crippen molar-refractivity contribution in [2.24, 2.45) is 11.7 Å². The summed E-state index contributed by atoms with van der Waals surface area (Å²) in [6.07, 6.45) is 4.75. The van der Waals surface area contributed by atoms with Crippen LogP contribution in [0.3, 0.4) is 0 Å². The lowest BCUT2D eigenvalue weighted by Gasteiger charge is -2.30. The number of carbonyl (C=O) groups is 2. The molecule has 1 saturated heterocycles. The molecule has 1 amide bonds. The van der Waals surface area contributed by atoms with Gasteiger partial charge >= 0.3 is 5.97 Å². The lowest BCUT2D eigenvalue weighted by Crippen LogP contribution is -2.45. The number of ether oxygens (including phenoxy) is 2. The normalized spacial score (nSPS) is 20.1. The number of carboxylic acid groups (broad SMARTS) is 1. The summed E-state index contributed by atoms with van der Waals surface area (Å²) < 4.78 is 11.0. The van der Waals surface area contributed by atoms with Crippen molar-refractivity contribution in [3.63, 3.8) is 0 Å². The van der Waals surface area contributed by atoms with Crippen LogP contribution in [0.15, 0.2) is 42.5 Å². The Bertz CT molecular complexity index is 1130. The van der Waals surface area contributed by atoms with E-state index in [1.165, 1.54) is 0 Å². The molecule has 0 radical (unpaired) electrons. The molecule has 0 unspecified atom stereocenters. The van der Waals surface area contributed by atoms with Crippen molar-refractivity contribution < 1.29 is 29.3 Å². The van der Waals surface area contributed by atoms with Gasteiger partial charge in [-0.05, 0) is 67.5 Å². The molecule has 218 valence electrons. The van der Waals surface area contributed by atoms with Gasteiger partial charge in [-0.2, -0.15) is 0 Å². The van der Waals surface area contributed by atoms with E-state index in [1.807, 2.05) is 47.4 Å². The first-order valence-corrected chi connectivity index (χ1v) is 14.5. The topological polar surface area (TPSA) is 126 Å². The summed E-state index contributed by atoms with van der Waals surface area (Å²) in [6, 6.07) is 13.1. The molecule has 2 aliphatic heterocycles. The van der Waals surface area contributed by atoms with Gasteiger partial charge in [0.15, 0.2) is 11.5 Å². The highest BCUT2D eigenvalue weighted by Gasteiger charge is 2.47. The highest BCUT2D eigenvalue weighted by atomic mass is 16.7. The van der Waals surface area contributed by atoms with Gasteiger partial charge in [-0.15, -0.1) is 0 Å². The number of aryl methyl sites for hydroxylation is 1. The van der Waals surface area contributed by atoms with Crippen molar-refractivity contribution in [1.29, 1.82) is 0 Å². The molecule has 1 fully saturated rings. The summed E-state index contributed by atoms with van der Waals surface area (Å²) >= 11 is 0. The zero-order valence-corrected chi connectivity index (χ0v) is 23.5. The minimum absolute atomic E-state index is 0.0213. The first-order chi connectivity index (χ1) is 19.5. The van der Waals surface area contributed by atoms with Gasteiger partial charge in [-0.25, -0.2) is 0 Å². The monoisotopic (exact) mass is 553 g/mol. The van der Waals surface area contributed by atoms with Crippen molar-refractivity contribution in [2.75, 3.05) is 39.5 Å². The Morgan fingerprint density at radius 3 is 2.52 bits per heavy atom. The molecular weight excluding hydrogens is 510 g/mol. The van der Waals surface area contributed by atoms with Crippen LogP contribution < -0.4 is 15.2 Å². The van der Waals surface area contributed by atoms with E-state index in [0.29, 0.717) is 44.1 Å². The molecule has 0 aromatic heterocycles. The van der Waals surface area contributed by atoms with Crippen molar-refractivity contribution in [3.8, 4) is 11.5 Å². The van der Waals surface area contributed by atoms with Gasteiger partial charge in [0.1, 0.15) is 0 Å². The Kier molecular flexibility index (Phi) is 10.8. The van der Waals surface area contributed by atoms with Crippen LogP contribution in [-0.4, -0.2) is 77.4 Å². The van der Waals surface area contributed by atoms with Gasteiger partial charge in [0.05, 0.1) is 19.1 Å². The van der Waals surface area contributed by atoms with Crippen LogP contribution in [0, 0.1) is 5.92 Å². The SMILES string of the molecule is CCCCN(CCCN)C(=O)CN1C[C@H](c2ccc3c(c2)OCO3)[C@@H](C(=O)O)[C@@H]1CCCc1ccccc1CO. The molecule has 9 heteroatoms. The van der Waals surface area contributed by atoms with Crippen molar-refractivity contribution in [3.05, 3.63) is 59.2 Å². The molecule has 2 heterocycles. The van der Waals surface area contributed by atoms with Gasteiger partial charge in [0.25, 0.3) is 0 Å². The quantitative estimate of drug-likeness (QED) is 0.307. The number of amides is 1. The number of hydrogen-bond acceptors (Lipinski definition) is 7. The maximum absolute atomic E-state index is 13.5. The number of aliphatic carboxylic acids is 1. The van der Waals surface area contributed by atoms with E-state index in [2.05, 4.69) is 11.8 Å². The first kappa shape index (κ1) is 29.8. The number of carbonyl (C=O) groups excluding carboxylic acids is 1. The molecule has 2 aliphatic rings. The zero-order chi connectivity index (χ0) is 28.5. The molecule has 4 N–H and O–H groups in total. The number of carboxylic acids is 1. The van der Waals surface area contributed by atoms with E-state index in [4.69, 9.17) is 15.2 Å². The van der Waals surface area contributed by atoms with E-state index in [9.17, 15) is 19.8 Å². The summed E-state index contributed by atoms with van der Waals surface area (Å²) in [6.45, 7) is 4.69. The highest BCUT2D eigenvalue weighted by molar-refractivity contribution is 5.79. The predicted molar refractivity (Wildman–Crippen MR) is 152 cm³/mol. The van der Waals surface area contributed by atoms with Crippen LogP contribution in [0.1, 0.15) is 61.6 Å². The molecule has 0 spiro atoms. The predicted octanol–water partition coefficient (Wildman–Crippen LogP) is 3.38. The van der Waals surface area contributed by atoms with Crippen LogP contribution >= 0.6 is 0 Å². The van der Waals surface area contributed by atoms with E-state index < -0.39 is 11.9 Å². The zero-order valence-electron chi connectivity index (χ0n) is 23.5. The Morgan fingerprint density at radius 1 is 1.05 bits per heavy atom. The fourth-order valence-corrected chi connectivity index (χ4v) is 6.06. The fraction of sp³-hybridized carbons (Fsp3) is 0.548. The Morgan fingerprint density at radius 2 is 1.80 bits per heavy atom. The number of rotatable bonds is 15. The number of likely N-dealkylation sites (tertiary alicyclic amines) is 1. The smallest absolute Gasteiger partial charge is 0.308 e. The van der Waals surface area contributed by atoms with Crippen molar-refractivity contribution >= 4 is 11.9 Å². The van der Waals surface area contributed by atoms with Crippen molar-refractivity contribution in [2.45, 2.75) is 64.0 Å². The average Bonchev–Trinajstić information content (AvgIpc) is 3.57. The van der Waals surface area contributed by atoms with Crippen LogP contribution in [-0.2, 0) is 22.6 Å². The molecule has 0 aliphatic carbocycles. The van der Waals surface area contributed by atoms with E-state index in [1.54, 1.807) is 0 Å². The molecule has 2 aromatic rings. The van der Waals surface area contributed by atoms with E-state index in [0.717, 1.165) is 48.8 Å². The molecule has 3 atom stereocenters. The van der Waals surface area contributed by atoms with Gasteiger partial charge in [-0.3, -0.25) is 14.5 Å². The molecule has 40 heavy (non-hydrogen) atoms. The maximum atomic E-state index is 13.5. The second-order valence-corrected chi connectivity index (χ2v) is 10.8. The molecular formula is C31H43N3O6. The Hall–Kier alpha value is -3.14. The van der Waals surface area contributed by atoms with Crippen LogP contribution in [0.2, 0.25) is 0 Å². The summed E-state index contributed by atoms with van der Waals surface area (Å²) in [5.41, 5.74) is 8.58. The summed E-state index contributed by atoms with van der Waals surface area (Å²) in [7, 11) is 0. The standard InChI is InChI=1S/C31H43N3O6/c1-2-3-15-33(16-7-14-32)29(36)19-34-18-25(23-12-13-27-28(17-23)40-21-39-27)30(31(37)38)26(34)11-6-10-22-8-4-5-9-24(22)20-35/h4-5,8-9,12-13,17,25-26,30,35H,2-3,6-7,10-11,14-16,18-21,32H2,1H3,(H,37,38)/t25-,26+,30-/m1/s1. The molecule has 4 rings (SSSR count). The minimum Gasteiger partial charge on any atom is -0.481 e. The molecule has 0 bridgehead atoms. The number of fused-ring (bicyclic) bond motifs is 1. The second-order valence-electron chi connectivity index (χ2n) is 10.8. The maximum Gasteiger partial charge on any atom is 0.308 e. The lowest BCUT2D eigenvalue weighted by molar-refractivity contribution is -0.143. The summed E-state index contributed by atoms with van der Waals surface area (Å²) in [5.74, 6) is -0.513. The highest BCUT2D eigenvalue weighted by Crippen LogP contribution is 2.43.